The highest BCUT2D eigenvalue weighted by Gasteiger charge is 2.54. The summed E-state index contributed by atoms with van der Waals surface area (Å²) in [6, 6.07) is 6.18. The molecule has 10 heteroatoms. The highest BCUT2D eigenvalue weighted by molar-refractivity contribution is 6.38. The Kier molecular flexibility index (Phi) is 11.4. The number of rotatable bonds is 11. The van der Waals surface area contributed by atoms with Crippen LogP contribution in [-0.4, -0.2) is 65.3 Å². The first-order valence-corrected chi connectivity index (χ1v) is 15.6. The number of hydrogen-bond donors (Lipinski definition) is 3. The van der Waals surface area contributed by atoms with Crippen molar-refractivity contribution in [2.24, 2.45) is 23.2 Å². The monoisotopic (exact) mass is 598 g/mol. The van der Waals surface area contributed by atoms with Gasteiger partial charge in [0.05, 0.1) is 18.2 Å². The first-order valence-electron chi connectivity index (χ1n) is 15.6. The fourth-order valence-electron chi connectivity index (χ4n) is 6.47. The van der Waals surface area contributed by atoms with Crippen molar-refractivity contribution in [2.45, 2.75) is 111 Å². The number of amides is 4. The van der Waals surface area contributed by atoms with Gasteiger partial charge in [-0.15, -0.1) is 0 Å². The Balaban J connectivity index is 1.83. The van der Waals surface area contributed by atoms with E-state index in [-0.39, 0.29) is 42.2 Å². The normalized spacial score (nSPS) is 23.6. The first-order chi connectivity index (χ1) is 20.1. The minimum absolute atomic E-state index is 0.0866. The second-order valence-corrected chi connectivity index (χ2v) is 13.5. The Bertz CT molecular complexity index is 1160. The number of carbonyl (C=O) groups is 5. The first kappa shape index (κ1) is 34.1. The van der Waals surface area contributed by atoms with Gasteiger partial charge in [0.15, 0.2) is 0 Å². The Morgan fingerprint density at radius 2 is 1.63 bits per heavy atom. The summed E-state index contributed by atoms with van der Waals surface area (Å²) in [5.41, 5.74) is 0.200. The summed E-state index contributed by atoms with van der Waals surface area (Å²) < 4.78 is 5.26. The van der Waals surface area contributed by atoms with Gasteiger partial charge >= 0.3 is 6.09 Å². The van der Waals surface area contributed by atoms with Crippen LogP contribution in [0.3, 0.4) is 0 Å². The summed E-state index contributed by atoms with van der Waals surface area (Å²) in [5, 5.41) is 8.35. The van der Waals surface area contributed by atoms with Crippen LogP contribution in [-0.2, 0) is 23.9 Å². The number of hydrogen-bond acceptors (Lipinski definition) is 6. The lowest BCUT2D eigenvalue weighted by Gasteiger charge is -2.37. The highest BCUT2D eigenvalue weighted by Crippen LogP contribution is 2.46. The zero-order valence-corrected chi connectivity index (χ0v) is 26.9. The number of ketones is 1. The number of fused-ring (bicyclic) bond motifs is 1. The minimum Gasteiger partial charge on any atom is -0.447 e. The van der Waals surface area contributed by atoms with Crippen molar-refractivity contribution >= 4 is 29.6 Å². The third-order valence-electron chi connectivity index (χ3n) is 8.68. The number of nitrogens with one attached hydrogen (secondary N) is 3. The number of Topliss-reactive ketones (excluding diaryl/α,β-unsaturated/α-hetero) is 1. The second kappa shape index (κ2) is 14.4. The summed E-state index contributed by atoms with van der Waals surface area (Å²) in [6.07, 6.45) is 1.64. The lowest BCUT2D eigenvalue weighted by atomic mass is 9.84. The average molecular weight is 599 g/mol. The molecule has 3 rings (SSSR count). The van der Waals surface area contributed by atoms with Crippen LogP contribution in [0.5, 0.6) is 0 Å². The average Bonchev–Trinajstić information content (AvgIpc) is 3.49. The van der Waals surface area contributed by atoms with Gasteiger partial charge in [-0.3, -0.25) is 19.2 Å². The van der Waals surface area contributed by atoms with Crippen molar-refractivity contribution in [1.82, 2.24) is 20.9 Å². The molecule has 3 N–H and O–H groups in total. The molecule has 1 saturated heterocycles. The number of carbonyl (C=O) groups excluding carboxylic acids is 5. The lowest BCUT2D eigenvalue weighted by Crippen LogP contribution is -2.60. The number of benzene rings is 1. The van der Waals surface area contributed by atoms with Crippen molar-refractivity contribution in [1.29, 1.82) is 0 Å². The molecule has 1 aliphatic carbocycles. The predicted molar refractivity (Wildman–Crippen MR) is 164 cm³/mol. The largest absolute Gasteiger partial charge is 0.447 e. The quantitative estimate of drug-likeness (QED) is 0.328. The second-order valence-electron chi connectivity index (χ2n) is 13.5. The van der Waals surface area contributed by atoms with Gasteiger partial charge in [0.25, 0.3) is 5.91 Å². The van der Waals surface area contributed by atoms with Crippen LogP contribution in [0.4, 0.5) is 4.79 Å². The molecule has 1 aliphatic heterocycles. The van der Waals surface area contributed by atoms with Gasteiger partial charge in [0.2, 0.25) is 17.6 Å². The molecule has 238 valence electrons. The van der Waals surface area contributed by atoms with E-state index in [1.807, 2.05) is 58.0 Å². The molecule has 2 fully saturated rings. The van der Waals surface area contributed by atoms with Gasteiger partial charge in [0.1, 0.15) is 12.1 Å². The Labute approximate surface area is 256 Å². The van der Waals surface area contributed by atoms with E-state index < -0.39 is 47.2 Å². The van der Waals surface area contributed by atoms with E-state index in [0.29, 0.717) is 13.0 Å². The van der Waals surface area contributed by atoms with Gasteiger partial charge < -0.3 is 25.6 Å². The van der Waals surface area contributed by atoms with Crippen LogP contribution in [0, 0.1) is 23.2 Å². The molecule has 1 saturated carbocycles. The summed E-state index contributed by atoms with van der Waals surface area (Å²) >= 11 is 0. The Hall–Kier alpha value is -3.43. The zero-order chi connectivity index (χ0) is 32.1. The lowest BCUT2D eigenvalue weighted by molar-refractivity contribution is -0.145. The van der Waals surface area contributed by atoms with E-state index in [1.54, 1.807) is 25.7 Å². The molecular weight excluding hydrogens is 548 g/mol. The Morgan fingerprint density at radius 3 is 2.21 bits per heavy atom. The molecule has 10 nitrogen and oxygen atoms in total. The topological polar surface area (TPSA) is 134 Å². The van der Waals surface area contributed by atoms with Crippen LogP contribution < -0.4 is 16.0 Å². The molecule has 1 aromatic carbocycles. The number of likely N-dealkylation sites (tertiary alicyclic amines) is 1. The maximum atomic E-state index is 14.1. The fourth-order valence-corrected chi connectivity index (χ4v) is 6.47. The molecule has 7 atom stereocenters. The fraction of sp³-hybridized carbons (Fsp3) is 0.667. The molecule has 0 spiro atoms. The summed E-state index contributed by atoms with van der Waals surface area (Å²) in [6.45, 7) is 15.2. The van der Waals surface area contributed by atoms with E-state index in [1.165, 1.54) is 0 Å². The summed E-state index contributed by atoms with van der Waals surface area (Å²) in [5.74, 6) is -2.03. The maximum absolute atomic E-state index is 14.1. The van der Waals surface area contributed by atoms with Crippen molar-refractivity contribution < 1.29 is 28.7 Å². The molecule has 0 aromatic heterocycles. The third-order valence-corrected chi connectivity index (χ3v) is 8.68. The summed E-state index contributed by atoms with van der Waals surface area (Å²) in [4.78, 5) is 68.6. The SMILES string of the molecule is CCCC(NC(=O)[C@@H]1[C@@H]2[C@@H](CC[C@@H]2C)CN1C(=O)[C@@H](NC(=O)OC(C)C)C(C)(C)C)C(=O)C(=O)N[C@@H](C)c1ccccc1. The molecule has 1 unspecified atom stereocenters. The van der Waals surface area contributed by atoms with Gasteiger partial charge in [-0.1, -0.05) is 77.8 Å². The van der Waals surface area contributed by atoms with Crippen LogP contribution in [0.2, 0.25) is 0 Å². The molecule has 1 heterocycles. The number of nitrogens with zero attached hydrogens (tertiary/aromatic N) is 1. The standard InChI is InChI=1S/C33H50N4O6/c1-9-13-24(27(38)30(40)34-21(5)22-14-11-10-12-15-22)35-29(39)26-25-20(4)16-17-23(25)18-37(26)31(41)28(33(6,7)8)36-32(42)43-19(2)3/h10-12,14-15,19-21,23-26,28H,9,13,16-18H2,1-8H3,(H,34,40)(H,35,39)(H,36,42)/t20-,21-,23-,24?,25-,26-,28+/m0/s1. The minimum atomic E-state index is -1.02. The van der Waals surface area contributed by atoms with Crippen molar-refractivity contribution in [3.05, 3.63) is 35.9 Å². The van der Waals surface area contributed by atoms with Crippen LogP contribution in [0.1, 0.15) is 92.7 Å². The van der Waals surface area contributed by atoms with Crippen LogP contribution in [0.25, 0.3) is 0 Å². The summed E-state index contributed by atoms with van der Waals surface area (Å²) in [7, 11) is 0. The van der Waals surface area contributed by atoms with Gasteiger partial charge in [-0.05, 0) is 62.3 Å². The predicted octanol–water partition coefficient (Wildman–Crippen LogP) is 4.14. The van der Waals surface area contributed by atoms with Gasteiger partial charge in [0, 0.05) is 6.54 Å². The van der Waals surface area contributed by atoms with Gasteiger partial charge in [-0.2, -0.15) is 0 Å². The maximum Gasteiger partial charge on any atom is 0.408 e. The van der Waals surface area contributed by atoms with E-state index in [4.69, 9.17) is 4.74 Å². The zero-order valence-electron chi connectivity index (χ0n) is 26.9. The molecule has 0 bridgehead atoms. The van der Waals surface area contributed by atoms with Gasteiger partial charge in [-0.25, -0.2) is 4.79 Å². The molecule has 0 radical (unpaired) electrons. The van der Waals surface area contributed by atoms with Crippen molar-refractivity contribution in [2.75, 3.05) is 6.54 Å². The van der Waals surface area contributed by atoms with Crippen molar-refractivity contribution in [3.63, 3.8) is 0 Å². The molecule has 2 aliphatic rings. The molecule has 4 amide bonds. The van der Waals surface area contributed by atoms with E-state index in [9.17, 15) is 24.0 Å². The van der Waals surface area contributed by atoms with Crippen molar-refractivity contribution in [3.8, 4) is 0 Å². The van der Waals surface area contributed by atoms with E-state index in [2.05, 4.69) is 22.9 Å². The highest BCUT2D eigenvalue weighted by atomic mass is 16.6. The molecule has 1 aromatic rings. The third kappa shape index (κ3) is 8.36. The van der Waals surface area contributed by atoms with E-state index in [0.717, 1.165) is 18.4 Å². The Morgan fingerprint density at radius 1 is 0.977 bits per heavy atom. The molecule has 43 heavy (non-hydrogen) atoms. The van der Waals surface area contributed by atoms with Crippen LogP contribution in [0.15, 0.2) is 30.3 Å². The van der Waals surface area contributed by atoms with E-state index >= 15 is 0 Å². The molecular formula is C33H50N4O6. The smallest absolute Gasteiger partial charge is 0.408 e. The van der Waals surface area contributed by atoms with Crippen LogP contribution >= 0.6 is 0 Å². The number of ether oxygens (including phenoxy) is 1. The number of alkyl carbamates (subject to hydrolysis) is 1.